The van der Waals surface area contributed by atoms with Gasteiger partial charge in [0.15, 0.2) is 0 Å². The number of hydrogen-bond donors (Lipinski definition) is 2. The van der Waals surface area contributed by atoms with Gasteiger partial charge in [0.25, 0.3) is 0 Å². The molecule has 0 spiro atoms. The summed E-state index contributed by atoms with van der Waals surface area (Å²) in [6.45, 7) is 3.60. The van der Waals surface area contributed by atoms with Crippen LogP contribution in [0.2, 0.25) is 0 Å². The van der Waals surface area contributed by atoms with Crippen LogP contribution in [0.1, 0.15) is 25.5 Å². The van der Waals surface area contributed by atoms with Crippen LogP contribution in [0, 0.1) is 0 Å². The lowest BCUT2D eigenvalue weighted by Crippen LogP contribution is -2.19. The monoisotopic (exact) mass is 242 g/mol. The molecular formula is C11H18N2O2S. The fourth-order valence-electron chi connectivity index (χ4n) is 1.36. The lowest BCUT2D eigenvalue weighted by Gasteiger charge is -2.16. The average molecular weight is 242 g/mol. The minimum absolute atomic E-state index is 0.0786. The van der Waals surface area contributed by atoms with Crippen LogP contribution in [-0.4, -0.2) is 21.2 Å². The highest BCUT2D eigenvalue weighted by atomic mass is 32.2. The third kappa shape index (κ3) is 3.21. The van der Waals surface area contributed by atoms with Gasteiger partial charge in [-0.2, -0.15) is 0 Å². The number of para-hydroxylation sites is 1. The van der Waals surface area contributed by atoms with Crippen molar-refractivity contribution in [3.05, 3.63) is 29.8 Å². The Morgan fingerprint density at radius 2 is 1.94 bits per heavy atom. The van der Waals surface area contributed by atoms with Gasteiger partial charge in [0.1, 0.15) is 0 Å². The van der Waals surface area contributed by atoms with Gasteiger partial charge in [-0.05, 0) is 32.5 Å². The van der Waals surface area contributed by atoms with Crippen molar-refractivity contribution in [2.75, 3.05) is 17.5 Å². The molecular weight excluding hydrogens is 224 g/mol. The highest BCUT2D eigenvalue weighted by molar-refractivity contribution is 7.92. The fourth-order valence-corrected chi connectivity index (χ4v) is 2.03. The van der Waals surface area contributed by atoms with Crippen LogP contribution in [0.15, 0.2) is 24.3 Å². The van der Waals surface area contributed by atoms with Crippen LogP contribution in [0.3, 0.4) is 0 Å². The molecule has 1 rings (SSSR count). The molecule has 0 heterocycles. The Balaban J connectivity index is 3.05. The number of anilines is 1. The van der Waals surface area contributed by atoms with E-state index in [-0.39, 0.29) is 11.8 Å². The van der Waals surface area contributed by atoms with Gasteiger partial charge < -0.3 is 5.32 Å². The largest absolute Gasteiger partial charge is 0.313 e. The van der Waals surface area contributed by atoms with Crippen LogP contribution in [0.5, 0.6) is 0 Å². The standard InChI is InChI=1S/C11H18N2O2S/c1-4-16(14,15)13-11-8-6-5-7-10(11)9(2)12-3/h5-9,12-13H,4H2,1-3H3. The van der Waals surface area contributed by atoms with Gasteiger partial charge in [-0.25, -0.2) is 8.42 Å². The number of hydrogen-bond acceptors (Lipinski definition) is 3. The first-order valence-corrected chi connectivity index (χ1v) is 6.92. The maximum absolute atomic E-state index is 11.5. The molecule has 0 aliphatic rings. The van der Waals surface area contributed by atoms with E-state index in [9.17, 15) is 8.42 Å². The van der Waals surface area contributed by atoms with Crippen molar-refractivity contribution < 1.29 is 8.42 Å². The topological polar surface area (TPSA) is 58.2 Å². The van der Waals surface area contributed by atoms with Crippen LogP contribution in [-0.2, 0) is 10.0 Å². The summed E-state index contributed by atoms with van der Waals surface area (Å²) >= 11 is 0. The molecule has 1 aromatic carbocycles. The molecule has 5 heteroatoms. The Hall–Kier alpha value is -1.07. The Labute approximate surface area is 97.1 Å². The molecule has 0 saturated heterocycles. The first-order chi connectivity index (χ1) is 7.50. The summed E-state index contributed by atoms with van der Waals surface area (Å²) in [6.07, 6.45) is 0. The first kappa shape index (κ1) is 13.0. The second-order valence-electron chi connectivity index (χ2n) is 3.60. The van der Waals surface area contributed by atoms with E-state index >= 15 is 0 Å². The van der Waals surface area contributed by atoms with E-state index < -0.39 is 10.0 Å². The Bertz CT molecular complexity index is 443. The van der Waals surface area contributed by atoms with Crippen LogP contribution < -0.4 is 10.0 Å². The van der Waals surface area contributed by atoms with Crippen molar-refractivity contribution >= 4 is 15.7 Å². The smallest absolute Gasteiger partial charge is 0.232 e. The van der Waals surface area contributed by atoms with Crippen LogP contribution >= 0.6 is 0 Å². The van der Waals surface area contributed by atoms with Crippen molar-refractivity contribution in [1.82, 2.24) is 5.32 Å². The van der Waals surface area contributed by atoms with E-state index in [4.69, 9.17) is 0 Å². The molecule has 0 saturated carbocycles. The zero-order valence-corrected chi connectivity index (χ0v) is 10.6. The zero-order valence-electron chi connectivity index (χ0n) is 9.82. The molecule has 90 valence electrons. The summed E-state index contributed by atoms with van der Waals surface area (Å²) in [6, 6.07) is 7.51. The molecule has 2 N–H and O–H groups in total. The predicted octanol–water partition coefficient (Wildman–Crippen LogP) is 1.73. The zero-order chi connectivity index (χ0) is 12.2. The van der Waals surface area contributed by atoms with E-state index in [2.05, 4.69) is 10.0 Å². The summed E-state index contributed by atoms with van der Waals surface area (Å²) in [5.74, 6) is 0.0786. The summed E-state index contributed by atoms with van der Waals surface area (Å²) in [7, 11) is -1.37. The molecule has 1 unspecified atom stereocenters. The molecule has 0 aliphatic carbocycles. The van der Waals surface area contributed by atoms with Gasteiger partial charge in [0.05, 0.1) is 11.4 Å². The molecule has 0 aromatic heterocycles. The van der Waals surface area contributed by atoms with E-state index in [0.29, 0.717) is 5.69 Å². The normalized spacial score (nSPS) is 13.4. The quantitative estimate of drug-likeness (QED) is 0.826. The SMILES string of the molecule is CCS(=O)(=O)Nc1ccccc1C(C)NC. The van der Waals surface area contributed by atoms with E-state index in [1.807, 2.05) is 32.2 Å². The minimum Gasteiger partial charge on any atom is -0.313 e. The molecule has 0 bridgehead atoms. The number of rotatable bonds is 5. The average Bonchev–Trinajstić information content (AvgIpc) is 2.28. The molecule has 1 atom stereocenters. The third-order valence-corrected chi connectivity index (χ3v) is 3.80. The van der Waals surface area contributed by atoms with Crippen LogP contribution in [0.25, 0.3) is 0 Å². The van der Waals surface area contributed by atoms with Crippen molar-refractivity contribution in [1.29, 1.82) is 0 Å². The van der Waals surface area contributed by atoms with Crippen molar-refractivity contribution in [3.63, 3.8) is 0 Å². The highest BCUT2D eigenvalue weighted by Gasteiger charge is 2.12. The lowest BCUT2D eigenvalue weighted by atomic mass is 10.1. The summed E-state index contributed by atoms with van der Waals surface area (Å²) in [5.41, 5.74) is 1.59. The highest BCUT2D eigenvalue weighted by Crippen LogP contribution is 2.23. The summed E-state index contributed by atoms with van der Waals surface area (Å²) in [4.78, 5) is 0. The summed E-state index contributed by atoms with van der Waals surface area (Å²) in [5, 5.41) is 3.09. The van der Waals surface area contributed by atoms with Crippen molar-refractivity contribution in [2.45, 2.75) is 19.9 Å². The third-order valence-electron chi connectivity index (χ3n) is 2.51. The summed E-state index contributed by atoms with van der Waals surface area (Å²) < 4.78 is 25.6. The van der Waals surface area contributed by atoms with Crippen LogP contribution in [0.4, 0.5) is 5.69 Å². The molecule has 0 fully saturated rings. The van der Waals surface area contributed by atoms with Crippen molar-refractivity contribution in [2.24, 2.45) is 0 Å². The Morgan fingerprint density at radius 1 is 1.31 bits per heavy atom. The lowest BCUT2D eigenvalue weighted by molar-refractivity contribution is 0.602. The Kier molecular flexibility index (Phi) is 4.32. The first-order valence-electron chi connectivity index (χ1n) is 5.27. The molecule has 0 radical (unpaired) electrons. The van der Waals surface area contributed by atoms with Gasteiger partial charge in [-0.3, -0.25) is 4.72 Å². The van der Waals surface area contributed by atoms with Gasteiger partial charge in [-0.1, -0.05) is 18.2 Å². The number of nitrogens with one attached hydrogen (secondary N) is 2. The number of sulfonamides is 1. The minimum atomic E-state index is -3.21. The molecule has 1 aromatic rings. The molecule has 0 amide bonds. The van der Waals surface area contributed by atoms with Gasteiger partial charge in [-0.15, -0.1) is 0 Å². The molecule has 16 heavy (non-hydrogen) atoms. The van der Waals surface area contributed by atoms with E-state index in [1.165, 1.54) is 0 Å². The van der Waals surface area contributed by atoms with Gasteiger partial charge in [0, 0.05) is 6.04 Å². The van der Waals surface area contributed by atoms with Gasteiger partial charge >= 0.3 is 0 Å². The number of benzene rings is 1. The second kappa shape index (κ2) is 5.32. The second-order valence-corrected chi connectivity index (χ2v) is 5.61. The van der Waals surface area contributed by atoms with E-state index in [1.54, 1.807) is 13.0 Å². The predicted molar refractivity (Wildman–Crippen MR) is 67.0 cm³/mol. The molecule has 0 aliphatic heterocycles. The van der Waals surface area contributed by atoms with Crippen molar-refractivity contribution in [3.8, 4) is 0 Å². The fraction of sp³-hybridized carbons (Fsp3) is 0.455. The van der Waals surface area contributed by atoms with E-state index in [0.717, 1.165) is 5.56 Å². The molecule has 4 nitrogen and oxygen atoms in total. The maximum atomic E-state index is 11.5. The Morgan fingerprint density at radius 3 is 2.50 bits per heavy atom. The maximum Gasteiger partial charge on any atom is 0.232 e. The van der Waals surface area contributed by atoms with Gasteiger partial charge in [0.2, 0.25) is 10.0 Å².